The van der Waals surface area contributed by atoms with E-state index in [-0.39, 0.29) is 12.5 Å². The van der Waals surface area contributed by atoms with Crippen molar-refractivity contribution in [1.29, 1.82) is 0 Å². The van der Waals surface area contributed by atoms with Crippen LogP contribution in [0.3, 0.4) is 0 Å². The van der Waals surface area contributed by atoms with E-state index >= 15 is 0 Å². The second-order valence-corrected chi connectivity index (χ2v) is 26.1. The van der Waals surface area contributed by atoms with Crippen molar-refractivity contribution in [2.75, 3.05) is 13.2 Å². The van der Waals surface area contributed by atoms with Crippen molar-refractivity contribution in [1.82, 2.24) is 5.32 Å². The van der Waals surface area contributed by atoms with Crippen LogP contribution in [-0.2, 0) is 14.3 Å². The van der Waals surface area contributed by atoms with E-state index in [1.165, 1.54) is 302 Å². The molecule has 1 aliphatic heterocycles. The fraction of sp³-hybridized carbons (Fsp3) is 0.882. The van der Waals surface area contributed by atoms with Crippen LogP contribution in [0.1, 0.15) is 373 Å². The molecule has 0 aromatic heterocycles. The van der Waals surface area contributed by atoms with Crippen molar-refractivity contribution in [3.05, 3.63) is 48.6 Å². The highest BCUT2D eigenvalue weighted by molar-refractivity contribution is 5.76. The van der Waals surface area contributed by atoms with Crippen LogP contribution in [0.4, 0.5) is 0 Å². The number of allylic oxidation sites excluding steroid dienone is 7. The van der Waals surface area contributed by atoms with Crippen LogP contribution in [0.5, 0.6) is 0 Å². The van der Waals surface area contributed by atoms with Crippen molar-refractivity contribution < 1.29 is 39.8 Å². The number of unbranched alkanes of at least 4 members (excludes halogenated alkanes) is 50. The number of aliphatic hydroxyl groups excluding tert-OH is 5. The molecule has 1 aliphatic rings. The zero-order valence-electron chi connectivity index (χ0n) is 56.1. The van der Waals surface area contributed by atoms with Crippen LogP contribution in [0, 0.1) is 0 Å². The van der Waals surface area contributed by atoms with E-state index in [4.69, 9.17) is 9.47 Å². The summed E-state index contributed by atoms with van der Waals surface area (Å²) in [6.45, 7) is 3.82. The van der Waals surface area contributed by atoms with Gasteiger partial charge in [0.2, 0.25) is 5.91 Å². The third kappa shape index (κ3) is 53.7. The molecule has 7 unspecified atom stereocenters. The van der Waals surface area contributed by atoms with Gasteiger partial charge in [-0.05, 0) is 57.8 Å². The molecule has 0 aliphatic carbocycles. The van der Waals surface area contributed by atoms with Gasteiger partial charge in [0, 0.05) is 6.42 Å². The van der Waals surface area contributed by atoms with Gasteiger partial charge in [0.15, 0.2) is 6.29 Å². The molecule has 0 saturated carbocycles. The molecule has 0 aromatic carbocycles. The molecule has 0 radical (unpaired) electrons. The fourth-order valence-corrected chi connectivity index (χ4v) is 12.1. The van der Waals surface area contributed by atoms with Crippen LogP contribution in [0.25, 0.3) is 0 Å². The summed E-state index contributed by atoms with van der Waals surface area (Å²) in [7, 11) is 0. The van der Waals surface area contributed by atoms with Gasteiger partial charge in [-0.2, -0.15) is 0 Å². The van der Waals surface area contributed by atoms with Crippen molar-refractivity contribution in [2.45, 2.75) is 416 Å². The van der Waals surface area contributed by atoms with Gasteiger partial charge in [-0.3, -0.25) is 4.79 Å². The van der Waals surface area contributed by atoms with Crippen LogP contribution >= 0.6 is 0 Å². The molecule has 0 bridgehead atoms. The third-order valence-corrected chi connectivity index (χ3v) is 17.9. The van der Waals surface area contributed by atoms with Crippen LogP contribution in [0.15, 0.2) is 48.6 Å². The van der Waals surface area contributed by atoms with Gasteiger partial charge in [0.05, 0.1) is 25.4 Å². The molecule has 0 aromatic rings. The van der Waals surface area contributed by atoms with E-state index in [9.17, 15) is 30.3 Å². The predicted molar refractivity (Wildman–Crippen MR) is 364 cm³/mol. The SMILES string of the molecule is CCCCCCC/C=C\C/C=C\C/C=C\CCCCCCCCCCCCCCCCCCCCCCCCCCC(=O)NC(COC1OC(CO)C(O)C(O)C1O)C(O)/C=C/CCCCCCCCCCCCCCCCCCCCCCC. The molecule has 500 valence electrons. The standard InChI is InChI=1S/C76H143NO8/c1-3-5-7-9-11-13-15-17-19-21-23-25-27-28-29-30-31-32-33-34-35-36-37-38-39-40-41-42-44-46-48-50-52-54-56-58-60-62-64-66-72(80)77-69(68-84-76-75(83)74(82)73(81)71(67-78)85-76)70(79)65-63-61-59-57-55-53-51-49-47-45-43-26-24-22-20-18-16-14-12-10-8-6-4-2/h15,17,21,23,27-28,63,65,69-71,73-76,78-79,81-83H,3-14,16,18-20,22,24-26,29-62,64,66-68H2,1-2H3,(H,77,80)/b17-15-,23-21-,28-27-,65-63+. The lowest BCUT2D eigenvalue weighted by molar-refractivity contribution is -0.302. The minimum atomic E-state index is -1.57. The van der Waals surface area contributed by atoms with Gasteiger partial charge >= 0.3 is 0 Å². The molecular weight excluding hydrogens is 1050 g/mol. The summed E-state index contributed by atoms with van der Waals surface area (Å²) in [5.74, 6) is -0.169. The Morgan fingerprint density at radius 2 is 0.694 bits per heavy atom. The highest BCUT2D eigenvalue weighted by Gasteiger charge is 2.44. The first-order valence-electron chi connectivity index (χ1n) is 37.4. The van der Waals surface area contributed by atoms with E-state index in [0.29, 0.717) is 6.42 Å². The Bertz CT molecular complexity index is 1480. The van der Waals surface area contributed by atoms with E-state index in [0.717, 1.165) is 51.4 Å². The number of amides is 1. The highest BCUT2D eigenvalue weighted by atomic mass is 16.7. The Labute approximate surface area is 526 Å². The zero-order chi connectivity index (χ0) is 61.4. The molecule has 1 amide bonds. The van der Waals surface area contributed by atoms with Gasteiger partial charge < -0.3 is 40.3 Å². The van der Waals surface area contributed by atoms with Gasteiger partial charge in [0.1, 0.15) is 24.4 Å². The Morgan fingerprint density at radius 3 is 1.02 bits per heavy atom. The molecule has 9 nitrogen and oxygen atoms in total. The molecule has 1 saturated heterocycles. The summed E-state index contributed by atoms with van der Waals surface area (Å²) < 4.78 is 11.3. The second kappa shape index (κ2) is 65.1. The minimum Gasteiger partial charge on any atom is -0.394 e. The number of hydrogen-bond donors (Lipinski definition) is 6. The lowest BCUT2D eigenvalue weighted by atomic mass is 9.99. The average molecular weight is 1200 g/mol. The number of carbonyl (C=O) groups excluding carboxylic acids is 1. The Morgan fingerprint density at radius 1 is 0.400 bits per heavy atom. The van der Waals surface area contributed by atoms with Gasteiger partial charge in [-0.25, -0.2) is 0 Å². The summed E-state index contributed by atoms with van der Waals surface area (Å²) in [6, 6.07) is -0.805. The van der Waals surface area contributed by atoms with E-state index in [1.54, 1.807) is 6.08 Å². The smallest absolute Gasteiger partial charge is 0.220 e. The predicted octanol–water partition coefficient (Wildman–Crippen LogP) is 20.8. The third-order valence-electron chi connectivity index (χ3n) is 17.9. The maximum absolute atomic E-state index is 13.1. The fourth-order valence-electron chi connectivity index (χ4n) is 12.1. The molecule has 85 heavy (non-hydrogen) atoms. The maximum Gasteiger partial charge on any atom is 0.220 e. The maximum atomic E-state index is 13.1. The number of aliphatic hydroxyl groups is 5. The first-order chi connectivity index (χ1) is 41.8. The topological polar surface area (TPSA) is 149 Å². The Hall–Kier alpha value is -1.85. The molecule has 1 rings (SSSR count). The highest BCUT2D eigenvalue weighted by Crippen LogP contribution is 2.24. The summed E-state index contributed by atoms with van der Waals surface area (Å²) in [6.07, 6.45) is 82.4. The molecule has 7 atom stereocenters. The summed E-state index contributed by atoms with van der Waals surface area (Å²) in [4.78, 5) is 13.1. The Balaban J connectivity index is 2.06. The molecular formula is C76H143NO8. The first-order valence-corrected chi connectivity index (χ1v) is 37.4. The molecule has 6 N–H and O–H groups in total. The monoisotopic (exact) mass is 1200 g/mol. The van der Waals surface area contributed by atoms with Crippen LogP contribution in [0.2, 0.25) is 0 Å². The first kappa shape index (κ1) is 81.2. The number of ether oxygens (including phenoxy) is 2. The van der Waals surface area contributed by atoms with Crippen molar-refractivity contribution >= 4 is 5.91 Å². The number of hydrogen-bond acceptors (Lipinski definition) is 8. The van der Waals surface area contributed by atoms with Crippen molar-refractivity contribution in [3.8, 4) is 0 Å². The number of carbonyl (C=O) groups is 1. The quantitative estimate of drug-likeness (QED) is 0.0261. The molecule has 1 fully saturated rings. The van der Waals surface area contributed by atoms with E-state index in [1.807, 2.05) is 6.08 Å². The zero-order valence-corrected chi connectivity index (χ0v) is 56.1. The summed E-state index contributed by atoms with van der Waals surface area (Å²) in [5.41, 5.74) is 0. The molecule has 0 spiro atoms. The van der Waals surface area contributed by atoms with Gasteiger partial charge in [-0.1, -0.05) is 358 Å². The van der Waals surface area contributed by atoms with Gasteiger partial charge in [-0.15, -0.1) is 0 Å². The second-order valence-electron chi connectivity index (χ2n) is 26.1. The van der Waals surface area contributed by atoms with Crippen LogP contribution in [-0.4, -0.2) is 87.5 Å². The minimum absolute atomic E-state index is 0.169. The molecule has 9 heteroatoms. The lowest BCUT2D eigenvalue weighted by Gasteiger charge is -2.40. The lowest BCUT2D eigenvalue weighted by Crippen LogP contribution is -2.60. The molecule has 1 heterocycles. The largest absolute Gasteiger partial charge is 0.394 e. The number of rotatable bonds is 66. The van der Waals surface area contributed by atoms with Crippen LogP contribution < -0.4 is 5.32 Å². The normalized spacial score (nSPS) is 18.3. The van der Waals surface area contributed by atoms with E-state index in [2.05, 4.69) is 55.6 Å². The van der Waals surface area contributed by atoms with Crippen molar-refractivity contribution in [3.63, 3.8) is 0 Å². The van der Waals surface area contributed by atoms with E-state index < -0.39 is 49.5 Å². The summed E-state index contributed by atoms with van der Waals surface area (Å²) >= 11 is 0. The summed E-state index contributed by atoms with van der Waals surface area (Å²) in [5, 5.41) is 54.8. The number of nitrogens with one attached hydrogen (secondary N) is 1. The van der Waals surface area contributed by atoms with Gasteiger partial charge in [0.25, 0.3) is 0 Å². The average Bonchev–Trinajstić information content (AvgIpc) is 3.66. The Kier molecular flexibility index (Phi) is 62.2. The van der Waals surface area contributed by atoms with Crippen molar-refractivity contribution in [2.24, 2.45) is 0 Å².